The van der Waals surface area contributed by atoms with E-state index in [1.807, 2.05) is 0 Å². The van der Waals surface area contributed by atoms with Crippen LogP contribution in [0.25, 0.3) is 0 Å². The molecule has 12 nitrogen and oxygen atoms in total. The predicted octanol–water partition coefficient (Wildman–Crippen LogP) is 2.20. The second kappa shape index (κ2) is 14.1. The van der Waals surface area contributed by atoms with Crippen molar-refractivity contribution in [1.29, 1.82) is 0 Å². The molecule has 2 N–H and O–H groups in total. The molecule has 2 aromatic carbocycles. The fraction of sp³-hybridized carbons (Fsp3) is 0.333. The van der Waals surface area contributed by atoms with Gasteiger partial charge >= 0.3 is 19.8 Å². The molecule has 0 unspecified atom stereocenters. The van der Waals surface area contributed by atoms with Gasteiger partial charge in [0.05, 0.1) is 6.61 Å². The van der Waals surface area contributed by atoms with Crippen LogP contribution in [0.1, 0.15) is 20.8 Å². The number of hydrogen-bond acceptors (Lipinski definition) is 11. The van der Waals surface area contributed by atoms with Gasteiger partial charge in [0.15, 0.2) is 12.2 Å². The first-order valence-electron chi connectivity index (χ1n) is 11.0. The van der Waals surface area contributed by atoms with Crippen molar-refractivity contribution in [3.05, 3.63) is 60.7 Å². The fourth-order valence-electron chi connectivity index (χ4n) is 3.08. The van der Waals surface area contributed by atoms with Crippen LogP contribution >= 0.6 is 7.82 Å². The van der Waals surface area contributed by atoms with Crippen molar-refractivity contribution in [3.8, 4) is 11.5 Å². The molecule has 0 fully saturated rings. The maximum absolute atomic E-state index is 13.5. The van der Waals surface area contributed by atoms with E-state index in [1.165, 1.54) is 24.3 Å². The summed E-state index contributed by atoms with van der Waals surface area (Å²) >= 11 is 0. The van der Waals surface area contributed by atoms with Crippen LogP contribution in [-0.4, -0.2) is 60.2 Å². The monoisotopic (exact) mass is 537 g/mol. The minimum atomic E-state index is -4.45. The number of ether oxygens (including phenoxy) is 2. The van der Waals surface area contributed by atoms with Crippen LogP contribution in [0.3, 0.4) is 0 Å². The molecule has 0 spiro atoms. The van der Waals surface area contributed by atoms with Crippen molar-refractivity contribution in [2.75, 3.05) is 6.61 Å². The van der Waals surface area contributed by atoms with Gasteiger partial charge in [0.25, 0.3) is 0 Å². The molecule has 2 rings (SSSR count). The van der Waals surface area contributed by atoms with Crippen molar-refractivity contribution >= 4 is 32.0 Å². The first-order chi connectivity index (χ1) is 17.5. The van der Waals surface area contributed by atoms with Gasteiger partial charge in [-0.3, -0.25) is 18.9 Å². The molecule has 4 atom stereocenters. The average Bonchev–Trinajstić information content (AvgIpc) is 2.84. The van der Waals surface area contributed by atoms with Crippen molar-refractivity contribution in [2.45, 2.75) is 45.1 Å². The summed E-state index contributed by atoms with van der Waals surface area (Å²) in [6.07, 6.45) is -4.94. The second-order valence-electron chi connectivity index (χ2n) is 7.63. The Balaban J connectivity index is 2.32. The molecule has 2 aromatic rings. The lowest BCUT2D eigenvalue weighted by molar-refractivity contribution is -0.180. The number of benzene rings is 2. The largest absolute Gasteiger partial charge is 0.587 e. The molecule has 0 radical (unpaired) electrons. The number of phosphoric acid groups is 1. The fourth-order valence-corrected chi connectivity index (χ4v) is 4.31. The molecule has 0 aliphatic heterocycles. The van der Waals surface area contributed by atoms with Crippen molar-refractivity contribution in [1.82, 2.24) is 5.32 Å². The normalized spacial score (nSPS) is 14.3. The zero-order valence-electron chi connectivity index (χ0n) is 20.3. The van der Waals surface area contributed by atoms with Crippen molar-refractivity contribution < 1.29 is 51.9 Å². The quantitative estimate of drug-likeness (QED) is 0.206. The summed E-state index contributed by atoms with van der Waals surface area (Å²) in [6.45, 7) is 2.33. The topological polar surface area (TPSA) is 164 Å². The lowest BCUT2D eigenvalue weighted by Crippen LogP contribution is -2.56. The molecule has 13 heteroatoms. The Morgan fingerprint density at radius 2 is 1.32 bits per heavy atom. The molecule has 0 aromatic heterocycles. The number of carbonyl (C=O) groups excluding carboxylic acids is 4. The first kappa shape index (κ1) is 29.5. The number of para-hydroxylation sites is 2. The van der Waals surface area contributed by atoms with Gasteiger partial charge in [0.2, 0.25) is 5.91 Å². The van der Waals surface area contributed by atoms with Crippen LogP contribution in [0, 0.1) is 0 Å². The molecular formula is C24H28NO11P. The highest BCUT2D eigenvalue weighted by Crippen LogP contribution is 2.49. The highest BCUT2D eigenvalue weighted by molar-refractivity contribution is 7.49. The maximum Gasteiger partial charge on any atom is 0.587 e. The lowest BCUT2D eigenvalue weighted by Gasteiger charge is -2.33. The number of phosphoric ester groups is 1. The zero-order valence-corrected chi connectivity index (χ0v) is 21.2. The zero-order chi connectivity index (χ0) is 27.4. The molecule has 0 saturated carbocycles. The van der Waals surface area contributed by atoms with E-state index in [0.29, 0.717) is 0 Å². The van der Waals surface area contributed by atoms with E-state index in [9.17, 15) is 28.8 Å². The van der Waals surface area contributed by atoms with E-state index in [4.69, 9.17) is 23.0 Å². The number of aldehydes is 1. The number of amides is 1. The summed E-state index contributed by atoms with van der Waals surface area (Å²) in [4.78, 5) is 46.7. The summed E-state index contributed by atoms with van der Waals surface area (Å²) in [5, 5.41) is 13.1. The smallest absolute Gasteiger partial charge is 0.456 e. The van der Waals surface area contributed by atoms with Gasteiger partial charge in [0.1, 0.15) is 29.9 Å². The third-order valence-corrected chi connectivity index (χ3v) is 5.84. The average molecular weight is 537 g/mol. The first-order valence-corrected chi connectivity index (χ1v) is 12.5. The van der Waals surface area contributed by atoms with Gasteiger partial charge in [-0.25, -0.2) is 4.57 Å². The standard InChI is InChI=1S/C24H28NO11P/c1-16(27)25-21(14-26)23(33-17(2)28)24(34-18(3)29)22(30)15-32-37(31,35-19-10-6-4-7-11-19)36-20-12-8-5-9-13-20/h4-14,21-24,30H,15H2,1-3H3,(H,25,27)/t21-,22+,23+,24+/m0/s1. The third kappa shape index (κ3) is 10.0. The van der Waals surface area contributed by atoms with E-state index in [1.54, 1.807) is 36.4 Å². The van der Waals surface area contributed by atoms with Gasteiger partial charge in [-0.1, -0.05) is 36.4 Å². The Bertz CT molecular complexity index is 1050. The molecule has 0 heterocycles. The SMILES string of the molecule is CC(=O)N[C@@H](C=O)[C@@H](OC(C)=O)[C@H](OC(C)=O)[C@H](O)COP(=O)(Oc1ccccc1)Oc1ccccc1. The third-order valence-electron chi connectivity index (χ3n) is 4.50. The number of hydrogen-bond donors (Lipinski definition) is 2. The van der Waals surface area contributed by atoms with Crippen molar-refractivity contribution in [2.24, 2.45) is 0 Å². The molecule has 0 bridgehead atoms. The lowest BCUT2D eigenvalue weighted by atomic mass is 10.0. The molecule has 0 aliphatic carbocycles. The maximum atomic E-state index is 13.5. The Morgan fingerprint density at radius 1 is 0.865 bits per heavy atom. The Labute approximate surface area is 213 Å². The minimum Gasteiger partial charge on any atom is -0.456 e. The molecular weight excluding hydrogens is 509 g/mol. The molecule has 0 saturated heterocycles. The van der Waals surface area contributed by atoms with Crippen LogP contribution in [0.4, 0.5) is 0 Å². The van der Waals surface area contributed by atoms with Gasteiger partial charge < -0.3 is 33.7 Å². The van der Waals surface area contributed by atoms with Crippen LogP contribution in [0.5, 0.6) is 11.5 Å². The Hall–Kier alpha value is -3.73. The van der Waals surface area contributed by atoms with Crippen LogP contribution in [-0.2, 0) is 37.7 Å². The molecule has 37 heavy (non-hydrogen) atoms. The summed E-state index contributed by atoms with van der Waals surface area (Å²) in [5.41, 5.74) is 0. The van der Waals surface area contributed by atoms with Crippen LogP contribution < -0.4 is 14.4 Å². The van der Waals surface area contributed by atoms with E-state index in [0.717, 1.165) is 20.8 Å². The highest BCUT2D eigenvalue weighted by Gasteiger charge is 2.42. The van der Waals surface area contributed by atoms with E-state index in [2.05, 4.69) is 5.32 Å². The number of nitrogens with one attached hydrogen (secondary N) is 1. The Morgan fingerprint density at radius 3 is 1.73 bits per heavy atom. The van der Waals surface area contributed by atoms with Crippen LogP contribution in [0.15, 0.2) is 60.7 Å². The summed E-state index contributed by atoms with van der Waals surface area (Å²) < 4.78 is 40.0. The number of esters is 2. The number of aliphatic hydroxyl groups is 1. The summed E-state index contributed by atoms with van der Waals surface area (Å²) in [6, 6.07) is 14.4. The molecule has 200 valence electrons. The highest BCUT2D eigenvalue weighted by atomic mass is 31.2. The number of carbonyl (C=O) groups is 4. The number of aliphatic hydroxyl groups excluding tert-OH is 1. The van der Waals surface area contributed by atoms with Gasteiger partial charge in [-0.2, -0.15) is 0 Å². The number of rotatable bonds is 14. The predicted molar refractivity (Wildman–Crippen MR) is 128 cm³/mol. The summed E-state index contributed by atoms with van der Waals surface area (Å²) in [5.74, 6) is -2.18. The minimum absolute atomic E-state index is 0.136. The van der Waals surface area contributed by atoms with E-state index >= 15 is 0 Å². The van der Waals surface area contributed by atoms with Gasteiger partial charge in [0, 0.05) is 20.8 Å². The van der Waals surface area contributed by atoms with Gasteiger partial charge in [-0.05, 0) is 24.3 Å². The van der Waals surface area contributed by atoms with Crippen molar-refractivity contribution in [3.63, 3.8) is 0 Å². The summed E-state index contributed by atoms with van der Waals surface area (Å²) in [7, 11) is -4.45. The Kier molecular flexibility index (Phi) is 11.3. The molecule has 1 amide bonds. The van der Waals surface area contributed by atoms with E-state index in [-0.39, 0.29) is 17.8 Å². The van der Waals surface area contributed by atoms with Crippen LogP contribution in [0.2, 0.25) is 0 Å². The second-order valence-corrected chi connectivity index (χ2v) is 9.15. The van der Waals surface area contributed by atoms with E-state index < -0.39 is 56.6 Å². The molecule has 0 aliphatic rings. The van der Waals surface area contributed by atoms with Gasteiger partial charge in [-0.15, -0.1) is 0 Å².